The molecule has 0 atom stereocenters. The summed E-state index contributed by atoms with van der Waals surface area (Å²) in [5.74, 6) is 0.0534. The summed E-state index contributed by atoms with van der Waals surface area (Å²) < 4.78 is 0. The Morgan fingerprint density at radius 2 is 1.89 bits per heavy atom. The van der Waals surface area contributed by atoms with Crippen molar-refractivity contribution < 1.29 is 4.79 Å². The third-order valence-electron chi connectivity index (χ3n) is 4.03. The number of carbonyl (C=O) groups excluding carboxylic acids is 1. The van der Waals surface area contributed by atoms with Gasteiger partial charge in [-0.3, -0.25) is 4.79 Å². The first-order chi connectivity index (χ1) is 9.22. The van der Waals surface area contributed by atoms with Crippen molar-refractivity contribution in [1.82, 2.24) is 0 Å². The zero-order valence-corrected chi connectivity index (χ0v) is 11.7. The summed E-state index contributed by atoms with van der Waals surface area (Å²) in [5.41, 5.74) is 2.88. The van der Waals surface area contributed by atoms with Crippen LogP contribution < -0.4 is 10.6 Å². The summed E-state index contributed by atoms with van der Waals surface area (Å²) in [5, 5.41) is 7.09. The predicted molar refractivity (Wildman–Crippen MR) is 78.9 cm³/mol. The van der Waals surface area contributed by atoms with Gasteiger partial charge >= 0.3 is 0 Å². The minimum Gasteiger partial charge on any atom is -0.381 e. The highest BCUT2D eigenvalue weighted by atomic mass is 35.5. The van der Waals surface area contributed by atoms with Gasteiger partial charge in [-0.1, -0.05) is 37.3 Å². The molecule has 1 aromatic rings. The number of hydrogen-bond donors (Lipinski definition) is 2. The van der Waals surface area contributed by atoms with Crippen LogP contribution in [0.5, 0.6) is 0 Å². The van der Waals surface area contributed by atoms with E-state index in [9.17, 15) is 4.79 Å². The standard InChI is InChI=1S/C15H19ClN2O/c16-12-9-13-10(8-15(19)18-13)7-14(12)17-11-5-3-1-2-4-6-11/h7,9,11,17H,1-6,8H2,(H,18,19). The van der Waals surface area contributed by atoms with E-state index in [4.69, 9.17) is 11.6 Å². The second kappa shape index (κ2) is 5.41. The molecule has 0 aromatic heterocycles. The number of carbonyl (C=O) groups is 1. The van der Waals surface area contributed by atoms with Crippen LogP contribution in [0.15, 0.2) is 12.1 Å². The van der Waals surface area contributed by atoms with Gasteiger partial charge in [-0.25, -0.2) is 0 Å². The summed E-state index contributed by atoms with van der Waals surface area (Å²) in [6.45, 7) is 0. The van der Waals surface area contributed by atoms with E-state index < -0.39 is 0 Å². The quantitative estimate of drug-likeness (QED) is 0.804. The third kappa shape index (κ3) is 2.86. The molecule has 0 unspecified atom stereocenters. The molecule has 102 valence electrons. The molecule has 2 N–H and O–H groups in total. The average Bonchev–Trinajstić information content (AvgIpc) is 2.59. The van der Waals surface area contributed by atoms with Crippen LogP contribution in [0.25, 0.3) is 0 Å². The monoisotopic (exact) mass is 278 g/mol. The number of benzene rings is 1. The molecule has 1 aromatic carbocycles. The lowest BCUT2D eigenvalue weighted by molar-refractivity contribution is -0.115. The first kappa shape index (κ1) is 12.8. The van der Waals surface area contributed by atoms with Gasteiger partial charge < -0.3 is 10.6 Å². The van der Waals surface area contributed by atoms with Crippen molar-refractivity contribution >= 4 is 28.9 Å². The average molecular weight is 279 g/mol. The van der Waals surface area contributed by atoms with Crippen LogP contribution in [0.4, 0.5) is 11.4 Å². The van der Waals surface area contributed by atoms with Crippen molar-refractivity contribution in [2.24, 2.45) is 0 Å². The van der Waals surface area contributed by atoms with Crippen LogP contribution in [-0.4, -0.2) is 11.9 Å². The first-order valence-electron chi connectivity index (χ1n) is 7.11. The Hall–Kier alpha value is -1.22. The third-order valence-corrected chi connectivity index (χ3v) is 4.35. The normalized spacial score (nSPS) is 19.7. The SMILES string of the molecule is O=C1Cc2cc(NC3CCCCCC3)c(Cl)cc2N1. The van der Waals surface area contributed by atoms with E-state index in [1.807, 2.05) is 12.1 Å². The van der Waals surface area contributed by atoms with Crippen LogP contribution in [0.1, 0.15) is 44.1 Å². The highest BCUT2D eigenvalue weighted by Gasteiger charge is 2.20. The fourth-order valence-corrected chi connectivity index (χ4v) is 3.22. The van der Waals surface area contributed by atoms with Crippen molar-refractivity contribution in [3.8, 4) is 0 Å². The van der Waals surface area contributed by atoms with Crippen molar-refractivity contribution in [3.63, 3.8) is 0 Å². The molecule has 19 heavy (non-hydrogen) atoms. The molecule has 0 saturated heterocycles. The summed E-state index contributed by atoms with van der Waals surface area (Å²) in [7, 11) is 0. The topological polar surface area (TPSA) is 41.1 Å². The zero-order chi connectivity index (χ0) is 13.2. The number of rotatable bonds is 2. The van der Waals surface area contributed by atoms with E-state index in [0.717, 1.165) is 16.9 Å². The largest absolute Gasteiger partial charge is 0.381 e. The van der Waals surface area contributed by atoms with Crippen molar-refractivity contribution in [1.29, 1.82) is 0 Å². The van der Waals surface area contributed by atoms with Gasteiger partial charge in [0, 0.05) is 11.7 Å². The lowest BCUT2D eigenvalue weighted by Crippen LogP contribution is -2.18. The summed E-state index contributed by atoms with van der Waals surface area (Å²) in [6, 6.07) is 4.41. The molecule has 1 saturated carbocycles. The molecule has 3 nitrogen and oxygen atoms in total. The minimum absolute atomic E-state index is 0.0534. The summed E-state index contributed by atoms with van der Waals surface area (Å²) >= 11 is 6.30. The fraction of sp³-hybridized carbons (Fsp3) is 0.533. The van der Waals surface area contributed by atoms with E-state index >= 15 is 0 Å². The molecule has 1 amide bonds. The lowest BCUT2D eigenvalue weighted by atomic mass is 10.1. The number of anilines is 2. The van der Waals surface area contributed by atoms with Gasteiger partial charge in [0.25, 0.3) is 0 Å². The predicted octanol–water partition coefficient (Wildman–Crippen LogP) is 3.97. The van der Waals surface area contributed by atoms with Crippen LogP contribution in [0.2, 0.25) is 5.02 Å². The van der Waals surface area contributed by atoms with Gasteiger partial charge in [0.1, 0.15) is 0 Å². The molecule has 0 spiro atoms. The molecule has 1 heterocycles. The molecule has 4 heteroatoms. The van der Waals surface area contributed by atoms with Gasteiger partial charge in [-0.2, -0.15) is 0 Å². The number of amides is 1. The highest BCUT2D eigenvalue weighted by molar-refractivity contribution is 6.33. The van der Waals surface area contributed by atoms with Gasteiger partial charge in [0.15, 0.2) is 0 Å². The maximum Gasteiger partial charge on any atom is 0.228 e. The van der Waals surface area contributed by atoms with Crippen molar-refractivity contribution in [2.45, 2.75) is 51.0 Å². The van der Waals surface area contributed by atoms with Crippen LogP contribution in [-0.2, 0) is 11.2 Å². The Bertz CT molecular complexity index is 493. The maximum absolute atomic E-state index is 11.4. The Morgan fingerprint density at radius 3 is 2.63 bits per heavy atom. The van der Waals surface area contributed by atoms with E-state index in [0.29, 0.717) is 17.5 Å². The van der Waals surface area contributed by atoms with Crippen LogP contribution in [0, 0.1) is 0 Å². The van der Waals surface area contributed by atoms with Gasteiger partial charge in [-0.15, -0.1) is 0 Å². The fourth-order valence-electron chi connectivity index (χ4n) is 3.00. The molecule has 1 aliphatic heterocycles. The second-order valence-corrected chi connectivity index (χ2v) is 5.95. The number of nitrogens with one attached hydrogen (secondary N) is 2. The number of halogens is 1. The summed E-state index contributed by atoms with van der Waals surface area (Å²) in [6.07, 6.45) is 8.16. The molecular formula is C15H19ClN2O. The van der Waals surface area contributed by atoms with Crippen molar-refractivity contribution in [3.05, 3.63) is 22.7 Å². The number of fused-ring (bicyclic) bond motifs is 1. The van der Waals surface area contributed by atoms with Crippen LogP contribution in [0.3, 0.4) is 0 Å². The minimum atomic E-state index is 0.0534. The van der Waals surface area contributed by atoms with Gasteiger partial charge in [0.2, 0.25) is 5.91 Å². The Labute approximate surface area is 118 Å². The molecule has 3 rings (SSSR count). The second-order valence-electron chi connectivity index (χ2n) is 5.55. The molecule has 2 aliphatic rings. The van der Waals surface area contributed by atoms with E-state index in [2.05, 4.69) is 10.6 Å². The maximum atomic E-state index is 11.4. The van der Waals surface area contributed by atoms with E-state index in [1.54, 1.807) is 0 Å². The highest BCUT2D eigenvalue weighted by Crippen LogP contribution is 2.34. The Kier molecular flexibility index (Phi) is 3.65. The molecule has 1 fully saturated rings. The van der Waals surface area contributed by atoms with E-state index in [-0.39, 0.29) is 5.91 Å². The molecule has 0 bridgehead atoms. The first-order valence-corrected chi connectivity index (χ1v) is 7.49. The molecule has 0 radical (unpaired) electrons. The zero-order valence-electron chi connectivity index (χ0n) is 11.0. The molecular weight excluding hydrogens is 260 g/mol. The lowest BCUT2D eigenvalue weighted by Gasteiger charge is -2.19. The Morgan fingerprint density at radius 1 is 1.16 bits per heavy atom. The number of hydrogen-bond acceptors (Lipinski definition) is 2. The van der Waals surface area contributed by atoms with Crippen LogP contribution >= 0.6 is 11.6 Å². The molecule has 1 aliphatic carbocycles. The van der Waals surface area contributed by atoms with Gasteiger partial charge in [-0.05, 0) is 30.5 Å². The van der Waals surface area contributed by atoms with Gasteiger partial charge in [0.05, 0.1) is 17.1 Å². The Balaban J connectivity index is 1.77. The van der Waals surface area contributed by atoms with Crippen molar-refractivity contribution in [2.75, 3.05) is 10.6 Å². The summed E-state index contributed by atoms with van der Waals surface area (Å²) in [4.78, 5) is 11.4. The van der Waals surface area contributed by atoms with E-state index in [1.165, 1.54) is 38.5 Å². The smallest absolute Gasteiger partial charge is 0.228 e.